The molecule has 0 radical (unpaired) electrons. The second kappa shape index (κ2) is 4.70. The van der Waals surface area contributed by atoms with Gasteiger partial charge in [0.25, 0.3) is 0 Å². The maximum atomic E-state index is 13.2. The van der Waals surface area contributed by atoms with Crippen LogP contribution in [0.2, 0.25) is 0 Å². The van der Waals surface area contributed by atoms with Gasteiger partial charge >= 0.3 is 0 Å². The van der Waals surface area contributed by atoms with Gasteiger partial charge in [0, 0.05) is 6.07 Å². The smallest absolute Gasteiger partial charge is 0.168 e. The molecule has 88 valence electrons. The zero-order valence-corrected chi connectivity index (χ0v) is 9.29. The zero-order chi connectivity index (χ0) is 11.5. The van der Waals surface area contributed by atoms with Crippen LogP contribution < -0.4 is 10.1 Å². The van der Waals surface area contributed by atoms with E-state index in [4.69, 9.17) is 4.74 Å². The van der Waals surface area contributed by atoms with E-state index >= 15 is 0 Å². The summed E-state index contributed by atoms with van der Waals surface area (Å²) in [5, 5.41) is 12.9. The number of methoxy groups -OCH3 is 1. The molecule has 0 spiro atoms. The summed E-state index contributed by atoms with van der Waals surface area (Å²) >= 11 is 0. The highest BCUT2D eigenvalue weighted by Crippen LogP contribution is 2.29. The van der Waals surface area contributed by atoms with E-state index in [0.717, 1.165) is 37.6 Å². The van der Waals surface area contributed by atoms with Crippen LogP contribution in [-0.2, 0) is 6.42 Å². The minimum absolute atomic E-state index is 0.0187. The summed E-state index contributed by atoms with van der Waals surface area (Å²) < 4.78 is 18.2. The molecule has 1 aromatic rings. The van der Waals surface area contributed by atoms with E-state index in [1.807, 2.05) is 0 Å². The summed E-state index contributed by atoms with van der Waals surface area (Å²) in [6.07, 6.45) is 1.86. The molecule has 1 fully saturated rings. The number of nitrogens with one attached hydrogen (secondary N) is 1. The van der Waals surface area contributed by atoms with Gasteiger partial charge in [0.2, 0.25) is 0 Å². The molecule has 16 heavy (non-hydrogen) atoms. The predicted octanol–water partition coefficient (Wildman–Crippen LogP) is 1.69. The number of rotatable bonds is 3. The fourth-order valence-corrected chi connectivity index (χ4v) is 2.10. The highest BCUT2D eigenvalue weighted by molar-refractivity contribution is 5.40. The molecule has 4 heteroatoms. The second-order valence-electron chi connectivity index (χ2n) is 4.18. The molecule has 0 aliphatic carbocycles. The van der Waals surface area contributed by atoms with Crippen molar-refractivity contribution < 1.29 is 14.2 Å². The van der Waals surface area contributed by atoms with Gasteiger partial charge in [0.15, 0.2) is 11.6 Å². The van der Waals surface area contributed by atoms with Gasteiger partial charge in [-0.3, -0.25) is 0 Å². The minimum atomic E-state index is -0.520. The average molecular weight is 225 g/mol. The van der Waals surface area contributed by atoms with Crippen LogP contribution in [0.15, 0.2) is 12.1 Å². The Bertz CT molecular complexity index is 376. The van der Waals surface area contributed by atoms with Gasteiger partial charge < -0.3 is 15.2 Å². The monoisotopic (exact) mass is 225 g/mol. The highest BCUT2D eigenvalue weighted by atomic mass is 19.1. The molecule has 0 bridgehead atoms. The van der Waals surface area contributed by atoms with Gasteiger partial charge in [-0.2, -0.15) is 0 Å². The number of aromatic hydroxyl groups is 1. The van der Waals surface area contributed by atoms with Crippen molar-refractivity contribution in [2.45, 2.75) is 12.8 Å². The Labute approximate surface area is 94.2 Å². The fraction of sp³-hybridized carbons (Fsp3) is 0.500. The second-order valence-corrected chi connectivity index (χ2v) is 4.18. The summed E-state index contributed by atoms with van der Waals surface area (Å²) in [5.74, 6) is 0.207. The van der Waals surface area contributed by atoms with Crippen LogP contribution in [0.5, 0.6) is 11.5 Å². The predicted molar refractivity (Wildman–Crippen MR) is 59.3 cm³/mol. The lowest BCUT2D eigenvalue weighted by Gasteiger charge is -2.12. The van der Waals surface area contributed by atoms with Gasteiger partial charge in [0.05, 0.1) is 7.11 Å². The lowest BCUT2D eigenvalue weighted by atomic mass is 9.98. The van der Waals surface area contributed by atoms with Crippen molar-refractivity contribution in [1.29, 1.82) is 0 Å². The van der Waals surface area contributed by atoms with E-state index in [-0.39, 0.29) is 11.5 Å². The summed E-state index contributed by atoms with van der Waals surface area (Å²) in [5.41, 5.74) is 0.756. The molecule has 0 aromatic heterocycles. The fourth-order valence-electron chi connectivity index (χ4n) is 2.10. The first-order valence-corrected chi connectivity index (χ1v) is 5.47. The molecule has 1 aliphatic heterocycles. The van der Waals surface area contributed by atoms with Crippen molar-refractivity contribution in [3.8, 4) is 11.5 Å². The van der Waals surface area contributed by atoms with Gasteiger partial charge in [-0.25, -0.2) is 4.39 Å². The normalized spacial score (nSPS) is 20.0. The maximum Gasteiger partial charge on any atom is 0.168 e. The first kappa shape index (κ1) is 11.2. The van der Waals surface area contributed by atoms with E-state index in [9.17, 15) is 9.50 Å². The third-order valence-corrected chi connectivity index (χ3v) is 3.02. The Morgan fingerprint density at radius 1 is 1.56 bits per heavy atom. The van der Waals surface area contributed by atoms with Gasteiger partial charge in [-0.05, 0) is 43.5 Å². The zero-order valence-electron chi connectivity index (χ0n) is 9.29. The largest absolute Gasteiger partial charge is 0.508 e. The molecular formula is C12H16FNO2. The molecule has 1 saturated heterocycles. The van der Waals surface area contributed by atoms with Crippen molar-refractivity contribution in [3.05, 3.63) is 23.5 Å². The first-order chi connectivity index (χ1) is 7.70. The quantitative estimate of drug-likeness (QED) is 0.822. The number of phenols is 1. The minimum Gasteiger partial charge on any atom is -0.508 e. The van der Waals surface area contributed by atoms with E-state index in [1.54, 1.807) is 6.07 Å². The number of hydrogen-bond donors (Lipinski definition) is 2. The van der Waals surface area contributed by atoms with Crippen LogP contribution >= 0.6 is 0 Å². The molecule has 2 N–H and O–H groups in total. The Morgan fingerprint density at radius 3 is 3.00 bits per heavy atom. The Kier molecular flexibility index (Phi) is 3.29. The molecule has 1 aliphatic rings. The SMILES string of the molecule is COc1cc(CC2CCNC2)c(O)cc1F. The van der Waals surface area contributed by atoms with Crippen LogP contribution in [0.4, 0.5) is 4.39 Å². The van der Waals surface area contributed by atoms with E-state index in [1.165, 1.54) is 7.11 Å². The molecule has 0 amide bonds. The number of ether oxygens (including phenoxy) is 1. The van der Waals surface area contributed by atoms with Crippen molar-refractivity contribution in [1.82, 2.24) is 5.32 Å². The molecular weight excluding hydrogens is 209 g/mol. The van der Waals surface area contributed by atoms with Crippen LogP contribution in [0.3, 0.4) is 0 Å². The topological polar surface area (TPSA) is 41.5 Å². The number of hydrogen-bond acceptors (Lipinski definition) is 3. The molecule has 1 atom stereocenters. The van der Waals surface area contributed by atoms with Crippen LogP contribution in [0, 0.1) is 11.7 Å². The summed E-state index contributed by atoms with van der Waals surface area (Å²) in [4.78, 5) is 0. The molecule has 1 heterocycles. The lowest BCUT2D eigenvalue weighted by Crippen LogP contribution is -2.11. The van der Waals surface area contributed by atoms with Crippen LogP contribution in [-0.4, -0.2) is 25.3 Å². The summed E-state index contributed by atoms with van der Waals surface area (Å²) in [6, 6.07) is 2.71. The third kappa shape index (κ3) is 2.27. The van der Waals surface area contributed by atoms with Crippen molar-refractivity contribution in [3.63, 3.8) is 0 Å². The van der Waals surface area contributed by atoms with Gasteiger partial charge in [-0.1, -0.05) is 0 Å². The average Bonchev–Trinajstić information content (AvgIpc) is 2.75. The Hall–Kier alpha value is -1.29. The van der Waals surface area contributed by atoms with Crippen molar-refractivity contribution in [2.24, 2.45) is 5.92 Å². The molecule has 3 nitrogen and oxygen atoms in total. The van der Waals surface area contributed by atoms with E-state index < -0.39 is 5.82 Å². The van der Waals surface area contributed by atoms with Gasteiger partial charge in [-0.15, -0.1) is 0 Å². The Morgan fingerprint density at radius 2 is 2.38 bits per heavy atom. The Balaban J connectivity index is 2.18. The maximum absolute atomic E-state index is 13.2. The number of benzene rings is 1. The van der Waals surface area contributed by atoms with E-state index in [2.05, 4.69) is 5.32 Å². The molecule has 0 saturated carbocycles. The number of halogens is 1. The van der Waals surface area contributed by atoms with Crippen molar-refractivity contribution in [2.75, 3.05) is 20.2 Å². The van der Waals surface area contributed by atoms with Gasteiger partial charge in [0.1, 0.15) is 5.75 Å². The summed E-state index contributed by atoms with van der Waals surface area (Å²) in [7, 11) is 1.43. The highest BCUT2D eigenvalue weighted by Gasteiger charge is 2.18. The lowest BCUT2D eigenvalue weighted by molar-refractivity contribution is 0.379. The molecule has 1 unspecified atom stereocenters. The summed E-state index contributed by atoms with van der Waals surface area (Å²) in [6.45, 7) is 1.98. The standard InChI is InChI=1S/C12H16FNO2/c1-16-12-5-9(11(15)6-10(12)13)4-8-2-3-14-7-8/h5-6,8,14-15H,2-4,7H2,1H3. The third-order valence-electron chi connectivity index (χ3n) is 3.02. The molecule has 1 aromatic carbocycles. The van der Waals surface area contributed by atoms with Crippen LogP contribution in [0.25, 0.3) is 0 Å². The number of phenolic OH excluding ortho intramolecular Hbond substituents is 1. The van der Waals surface area contributed by atoms with E-state index in [0.29, 0.717) is 5.92 Å². The first-order valence-electron chi connectivity index (χ1n) is 5.47. The van der Waals surface area contributed by atoms with Crippen molar-refractivity contribution >= 4 is 0 Å². The molecule has 2 rings (SSSR count). The van der Waals surface area contributed by atoms with Crippen LogP contribution in [0.1, 0.15) is 12.0 Å².